The van der Waals surface area contributed by atoms with E-state index in [2.05, 4.69) is 27.0 Å². The monoisotopic (exact) mass is 276 g/mol. The summed E-state index contributed by atoms with van der Waals surface area (Å²) in [5.41, 5.74) is 6.57. The minimum atomic E-state index is -0.124. The minimum absolute atomic E-state index is 0.124. The third kappa shape index (κ3) is 2.59. The lowest BCUT2D eigenvalue weighted by Crippen LogP contribution is -2.38. The molecule has 3 rings (SSSR count). The average Bonchev–Trinajstić information content (AvgIpc) is 2.88. The van der Waals surface area contributed by atoms with Crippen LogP contribution < -0.4 is 11.3 Å². The van der Waals surface area contributed by atoms with Gasteiger partial charge < -0.3 is 5.73 Å². The van der Waals surface area contributed by atoms with Crippen molar-refractivity contribution in [3.8, 4) is 0 Å². The fourth-order valence-electron chi connectivity index (χ4n) is 2.88. The quantitative estimate of drug-likeness (QED) is 0.830. The van der Waals surface area contributed by atoms with Crippen molar-refractivity contribution in [1.82, 2.24) is 24.5 Å². The van der Waals surface area contributed by atoms with Gasteiger partial charge in [-0.05, 0) is 32.7 Å². The van der Waals surface area contributed by atoms with Gasteiger partial charge in [0.2, 0.25) is 0 Å². The summed E-state index contributed by atoms with van der Waals surface area (Å²) in [6, 6.07) is 2.44. The number of aromatic nitrogens is 4. The molecule has 0 aromatic carbocycles. The first-order valence-electron chi connectivity index (χ1n) is 7.01. The third-order valence-corrected chi connectivity index (χ3v) is 4.10. The van der Waals surface area contributed by atoms with E-state index in [0.717, 1.165) is 31.4 Å². The van der Waals surface area contributed by atoms with Gasteiger partial charge >= 0.3 is 0 Å². The van der Waals surface area contributed by atoms with Gasteiger partial charge in [-0.3, -0.25) is 14.8 Å². The number of aromatic amines is 1. The molecule has 0 bridgehead atoms. The zero-order valence-electron chi connectivity index (χ0n) is 11.6. The summed E-state index contributed by atoms with van der Waals surface area (Å²) in [5.74, 6) is 0.423. The van der Waals surface area contributed by atoms with E-state index in [-0.39, 0.29) is 5.56 Å². The predicted molar refractivity (Wildman–Crippen MR) is 75.3 cm³/mol. The summed E-state index contributed by atoms with van der Waals surface area (Å²) >= 11 is 0. The summed E-state index contributed by atoms with van der Waals surface area (Å²) in [4.78, 5) is 22.6. The van der Waals surface area contributed by atoms with Crippen molar-refractivity contribution in [3.05, 3.63) is 28.4 Å². The van der Waals surface area contributed by atoms with E-state index in [1.54, 1.807) is 6.07 Å². The molecule has 1 saturated carbocycles. The molecule has 108 valence electrons. The van der Waals surface area contributed by atoms with Crippen LogP contribution in [0.3, 0.4) is 0 Å². The molecule has 7 heteroatoms. The second kappa shape index (κ2) is 5.34. The average molecular weight is 276 g/mol. The van der Waals surface area contributed by atoms with E-state index in [1.807, 2.05) is 0 Å². The molecule has 2 aromatic heterocycles. The molecule has 1 aliphatic rings. The van der Waals surface area contributed by atoms with Crippen LogP contribution in [0.25, 0.3) is 5.78 Å². The van der Waals surface area contributed by atoms with Crippen LogP contribution in [0.2, 0.25) is 0 Å². The first-order valence-corrected chi connectivity index (χ1v) is 7.01. The van der Waals surface area contributed by atoms with E-state index < -0.39 is 0 Å². The van der Waals surface area contributed by atoms with Crippen LogP contribution in [0, 0.1) is 0 Å². The maximum Gasteiger partial charge on any atom is 0.274 e. The summed E-state index contributed by atoms with van der Waals surface area (Å²) in [5, 5.41) is 2.74. The highest BCUT2D eigenvalue weighted by atomic mass is 16.1. The molecular formula is C13H20N6O. The molecule has 2 aromatic rings. The second-order valence-electron chi connectivity index (χ2n) is 5.59. The summed E-state index contributed by atoms with van der Waals surface area (Å²) in [6.45, 7) is 0.665. The Bertz CT molecular complexity index is 640. The Labute approximate surface area is 116 Å². The molecule has 0 aliphatic heterocycles. The summed E-state index contributed by atoms with van der Waals surface area (Å²) < 4.78 is 1.34. The number of nitrogens with two attached hydrogens (primary N) is 1. The van der Waals surface area contributed by atoms with E-state index in [1.165, 1.54) is 10.8 Å². The standard InChI is InChI=1S/C13H20N6O/c1-18(11-4-2-9(14)3-5-11)7-10-6-12(20)19-13(17-10)15-8-16-19/h6,8-9,11H,2-5,7,14H2,1H3,(H,15,16,17). The molecular weight excluding hydrogens is 256 g/mol. The molecule has 20 heavy (non-hydrogen) atoms. The number of H-pyrrole nitrogens is 1. The number of fused-ring (bicyclic) bond motifs is 1. The van der Waals surface area contributed by atoms with Crippen LogP contribution in [0.4, 0.5) is 0 Å². The summed E-state index contributed by atoms with van der Waals surface area (Å²) in [6.07, 6.45) is 5.84. The number of rotatable bonds is 3. The molecule has 0 unspecified atom stereocenters. The Kier molecular flexibility index (Phi) is 3.54. The van der Waals surface area contributed by atoms with Gasteiger partial charge in [0, 0.05) is 24.7 Å². The van der Waals surface area contributed by atoms with Crippen LogP contribution in [0.15, 0.2) is 17.2 Å². The molecule has 1 aliphatic carbocycles. The third-order valence-electron chi connectivity index (χ3n) is 4.10. The molecule has 2 heterocycles. The van der Waals surface area contributed by atoms with Crippen molar-refractivity contribution < 1.29 is 0 Å². The van der Waals surface area contributed by atoms with Gasteiger partial charge in [0.1, 0.15) is 6.33 Å². The topological polar surface area (TPSA) is 92.3 Å². The molecule has 0 amide bonds. The molecule has 3 N–H and O–H groups in total. The lowest BCUT2D eigenvalue weighted by atomic mass is 9.91. The van der Waals surface area contributed by atoms with E-state index >= 15 is 0 Å². The molecule has 1 fully saturated rings. The van der Waals surface area contributed by atoms with Gasteiger partial charge in [0.05, 0.1) is 5.69 Å². The Hall–Kier alpha value is -1.73. The molecule has 0 spiro atoms. The smallest absolute Gasteiger partial charge is 0.274 e. The summed E-state index contributed by atoms with van der Waals surface area (Å²) in [7, 11) is 2.08. The maximum absolute atomic E-state index is 11.9. The molecule has 0 atom stereocenters. The van der Waals surface area contributed by atoms with Crippen LogP contribution in [0.1, 0.15) is 31.4 Å². The van der Waals surface area contributed by atoms with Crippen molar-refractivity contribution in [2.45, 2.75) is 44.3 Å². The fraction of sp³-hybridized carbons (Fsp3) is 0.615. The lowest BCUT2D eigenvalue weighted by Gasteiger charge is -2.33. The van der Waals surface area contributed by atoms with Gasteiger partial charge in [-0.25, -0.2) is 9.97 Å². The van der Waals surface area contributed by atoms with Crippen LogP contribution in [-0.2, 0) is 6.54 Å². The van der Waals surface area contributed by atoms with Gasteiger partial charge in [-0.15, -0.1) is 0 Å². The molecule has 0 radical (unpaired) electrons. The van der Waals surface area contributed by atoms with Crippen LogP contribution in [0.5, 0.6) is 0 Å². The predicted octanol–water partition coefficient (Wildman–Crippen LogP) is 0.119. The van der Waals surface area contributed by atoms with Crippen LogP contribution in [-0.4, -0.2) is 43.6 Å². The van der Waals surface area contributed by atoms with E-state index in [9.17, 15) is 4.79 Å². The zero-order chi connectivity index (χ0) is 14.1. The zero-order valence-corrected chi connectivity index (χ0v) is 11.6. The maximum atomic E-state index is 11.9. The molecule has 0 saturated heterocycles. The number of hydrogen-bond acceptors (Lipinski definition) is 5. The second-order valence-corrected chi connectivity index (χ2v) is 5.59. The van der Waals surface area contributed by atoms with Crippen LogP contribution >= 0.6 is 0 Å². The van der Waals surface area contributed by atoms with Gasteiger partial charge in [0.25, 0.3) is 11.3 Å². The fourth-order valence-corrected chi connectivity index (χ4v) is 2.88. The molecule has 7 nitrogen and oxygen atoms in total. The first kappa shape index (κ1) is 13.3. The first-order chi connectivity index (χ1) is 9.63. The van der Waals surface area contributed by atoms with Crippen molar-refractivity contribution in [1.29, 1.82) is 0 Å². The highest BCUT2D eigenvalue weighted by molar-refractivity contribution is 5.25. The Morgan fingerprint density at radius 1 is 1.45 bits per heavy atom. The van der Waals surface area contributed by atoms with E-state index in [4.69, 9.17) is 5.73 Å². The highest BCUT2D eigenvalue weighted by Gasteiger charge is 2.22. The number of nitrogens with one attached hydrogen (secondary N) is 1. The van der Waals surface area contributed by atoms with Gasteiger partial charge in [-0.1, -0.05) is 0 Å². The highest BCUT2D eigenvalue weighted by Crippen LogP contribution is 2.21. The Balaban J connectivity index is 1.73. The normalized spacial score (nSPS) is 23.6. The van der Waals surface area contributed by atoms with E-state index in [0.29, 0.717) is 24.4 Å². The van der Waals surface area contributed by atoms with Crippen molar-refractivity contribution in [2.75, 3.05) is 7.05 Å². The number of hydrogen-bond donors (Lipinski definition) is 2. The SMILES string of the molecule is CN(Cc1cc(=O)n2[nH]cnc2n1)C1CCC(N)CC1. The minimum Gasteiger partial charge on any atom is -0.328 e. The van der Waals surface area contributed by atoms with Crippen molar-refractivity contribution >= 4 is 5.78 Å². The van der Waals surface area contributed by atoms with Crippen molar-refractivity contribution in [3.63, 3.8) is 0 Å². The Morgan fingerprint density at radius 3 is 2.95 bits per heavy atom. The van der Waals surface area contributed by atoms with Crippen molar-refractivity contribution in [2.24, 2.45) is 5.73 Å². The Morgan fingerprint density at radius 2 is 2.20 bits per heavy atom. The largest absolute Gasteiger partial charge is 0.328 e. The van der Waals surface area contributed by atoms with Gasteiger partial charge in [0.15, 0.2) is 0 Å². The lowest BCUT2D eigenvalue weighted by molar-refractivity contribution is 0.174. The number of nitrogens with zero attached hydrogens (tertiary/aromatic N) is 4. The van der Waals surface area contributed by atoms with Gasteiger partial charge in [-0.2, -0.15) is 4.52 Å².